The molecule has 1 saturated heterocycles. The molecule has 1 aromatic carbocycles. The van der Waals surface area contributed by atoms with Crippen molar-refractivity contribution < 1.29 is 9.47 Å². The first-order valence-electron chi connectivity index (χ1n) is 8.17. The summed E-state index contributed by atoms with van der Waals surface area (Å²) >= 11 is 0. The first-order valence-corrected chi connectivity index (χ1v) is 8.17. The van der Waals surface area contributed by atoms with E-state index in [0.717, 1.165) is 38.4 Å². The highest BCUT2D eigenvalue weighted by Crippen LogP contribution is 2.19. The van der Waals surface area contributed by atoms with Gasteiger partial charge in [-0.2, -0.15) is 5.10 Å². The Hall–Kier alpha value is -1.85. The molecular weight excluding hydrogens is 290 g/mol. The summed E-state index contributed by atoms with van der Waals surface area (Å²) < 4.78 is 13.0. The maximum Gasteiger partial charge on any atom is 0.119 e. The van der Waals surface area contributed by atoms with Crippen LogP contribution in [-0.2, 0) is 24.9 Å². The Kier molecular flexibility index (Phi) is 5.31. The highest BCUT2D eigenvalue weighted by molar-refractivity contribution is 5.28. The quantitative estimate of drug-likeness (QED) is 0.787. The number of methoxy groups -OCH3 is 1. The molecule has 1 fully saturated rings. The molecule has 124 valence electrons. The number of rotatable bonds is 7. The second kappa shape index (κ2) is 7.62. The number of hydrogen-bond acceptors (Lipinski definition) is 4. The molecule has 1 aromatic heterocycles. The van der Waals surface area contributed by atoms with Crippen LogP contribution in [0.4, 0.5) is 0 Å². The number of ether oxygens (including phenoxy) is 2. The first-order chi connectivity index (χ1) is 11.2. The van der Waals surface area contributed by atoms with Crippen molar-refractivity contribution in [2.75, 3.05) is 20.3 Å². The normalized spacial score (nSPS) is 17.8. The minimum atomic E-state index is 0.345. The van der Waals surface area contributed by atoms with Crippen molar-refractivity contribution in [2.45, 2.75) is 32.0 Å². The summed E-state index contributed by atoms with van der Waals surface area (Å²) in [7, 11) is 3.66. The fourth-order valence-electron chi connectivity index (χ4n) is 3.10. The van der Waals surface area contributed by atoms with Crippen LogP contribution in [0.25, 0.3) is 0 Å². The van der Waals surface area contributed by atoms with Crippen molar-refractivity contribution in [3.05, 3.63) is 47.8 Å². The monoisotopic (exact) mass is 315 g/mol. The Morgan fingerprint density at radius 2 is 2.22 bits per heavy atom. The lowest BCUT2D eigenvalue weighted by atomic mass is 10.1. The van der Waals surface area contributed by atoms with E-state index in [4.69, 9.17) is 9.47 Å². The molecule has 23 heavy (non-hydrogen) atoms. The Bertz CT molecular complexity index is 620. The molecule has 0 amide bonds. The fourth-order valence-corrected chi connectivity index (χ4v) is 3.10. The van der Waals surface area contributed by atoms with Gasteiger partial charge < -0.3 is 9.47 Å². The van der Waals surface area contributed by atoms with Crippen LogP contribution in [0.1, 0.15) is 24.0 Å². The van der Waals surface area contributed by atoms with Crippen molar-refractivity contribution in [3.63, 3.8) is 0 Å². The second-order valence-electron chi connectivity index (χ2n) is 6.18. The third-order valence-electron chi connectivity index (χ3n) is 4.19. The van der Waals surface area contributed by atoms with E-state index in [1.54, 1.807) is 7.11 Å². The van der Waals surface area contributed by atoms with Crippen LogP contribution in [-0.4, -0.2) is 41.0 Å². The van der Waals surface area contributed by atoms with Gasteiger partial charge >= 0.3 is 0 Å². The number of aromatic nitrogens is 2. The number of hydrogen-bond donors (Lipinski definition) is 0. The van der Waals surface area contributed by atoms with Gasteiger partial charge in [0.15, 0.2) is 0 Å². The van der Waals surface area contributed by atoms with E-state index in [1.165, 1.54) is 17.5 Å². The smallest absolute Gasteiger partial charge is 0.119 e. The molecule has 0 radical (unpaired) electrons. The van der Waals surface area contributed by atoms with Gasteiger partial charge in [-0.15, -0.1) is 0 Å². The first kappa shape index (κ1) is 16.0. The molecule has 0 saturated carbocycles. The molecule has 0 N–H and O–H groups in total. The van der Waals surface area contributed by atoms with Gasteiger partial charge in [0, 0.05) is 45.0 Å². The van der Waals surface area contributed by atoms with Crippen LogP contribution in [0.2, 0.25) is 0 Å². The topological polar surface area (TPSA) is 39.5 Å². The molecular formula is C18H25N3O2. The summed E-state index contributed by atoms with van der Waals surface area (Å²) in [5.41, 5.74) is 2.49. The van der Waals surface area contributed by atoms with Crippen molar-refractivity contribution >= 4 is 0 Å². The lowest BCUT2D eigenvalue weighted by Gasteiger charge is -2.25. The van der Waals surface area contributed by atoms with Crippen LogP contribution >= 0.6 is 0 Å². The predicted molar refractivity (Wildman–Crippen MR) is 89.3 cm³/mol. The molecule has 1 atom stereocenters. The van der Waals surface area contributed by atoms with Crippen LogP contribution in [0.5, 0.6) is 5.75 Å². The van der Waals surface area contributed by atoms with E-state index in [2.05, 4.69) is 28.3 Å². The molecule has 1 aliphatic heterocycles. The maximum absolute atomic E-state index is 5.82. The van der Waals surface area contributed by atoms with Crippen molar-refractivity contribution in [1.82, 2.24) is 14.7 Å². The Labute approximate surface area is 137 Å². The van der Waals surface area contributed by atoms with Crippen LogP contribution in [0, 0.1) is 0 Å². The van der Waals surface area contributed by atoms with Gasteiger partial charge in [-0.05, 0) is 30.5 Å². The molecule has 0 bridgehead atoms. The third kappa shape index (κ3) is 4.56. The summed E-state index contributed by atoms with van der Waals surface area (Å²) in [6.45, 7) is 3.60. The largest absolute Gasteiger partial charge is 0.497 e. The van der Waals surface area contributed by atoms with Gasteiger partial charge in [0.05, 0.1) is 19.4 Å². The van der Waals surface area contributed by atoms with Crippen molar-refractivity contribution in [1.29, 1.82) is 0 Å². The average molecular weight is 315 g/mol. The summed E-state index contributed by atoms with van der Waals surface area (Å²) in [5.74, 6) is 0.904. The fraction of sp³-hybridized carbons (Fsp3) is 0.500. The SMILES string of the molecule is COc1cccc(CN(Cc2cnn(C)c2)CC2CCCO2)c1. The standard InChI is InChI=1S/C18H25N3O2/c1-20-11-16(10-19-20)13-21(14-18-7-4-8-23-18)12-15-5-3-6-17(9-15)22-2/h3,5-6,9-11,18H,4,7-8,12-14H2,1-2H3. The summed E-state index contributed by atoms with van der Waals surface area (Å²) in [5, 5.41) is 4.27. The Morgan fingerprint density at radius 3 is 2.91 bits per heavy atom. The van der Waals surface area contributed by atoms with Gasteiger partial charge in [0.25, 0.3) is 0 Å². The summed E-state index contributed by atoms with van der Waals surface area (Å²) in [6.07, 6.45) is 6.69. The zero-order valence-electron chi connectivity index (χ0n) is 13.9. The number of aryl methyl sites for hydroxylation is 1. The number of nitrogens with zero attached hydrogens (tertiary/aromatic N) is 3. The summed E-state index contributed by atoms with van der Waals surface area (Å²) in [6, 6.07) is 8.28. The van der Waals surface area contributed by atoms with Crippen LogP contribution < -0.4 is 4.74 Å². The minimum absolute atomic E-state index is 0.345. The maximum atomic E-state index is 5.82. The lowest BCUT2D eigenvalue weighted by Crippen LogP contribution is -2.31. The molecule has 1 unspecified atom stereocenters. The Morgan fingerprint density at radius 1 is 1.35 bits per heavy atom. The molecule has 5 heteroatoms. The highest BCUT2D eigenvalue weighted by atomic mass is 16.5. The molecule has 0 spiro atoms. The van der Waals surface area contributed by atoms with Gasteiger partial charge in [-0.1, -0.05) is 12.1 Å². The molecule has 5 nitrogen and oxygen atoms in total. The highest BCUT2D eigenvalue weighted by Gasteiger charge is 2.20. The van der Waals surface area contributed by atoms with Crippen molar-refractivity contribution in [3.8, 4) is 5.75 Å². The van der Waals surface area contributed by atoms with Gasteiger partial charge in [0.2, 0.25) is 0 Å². The zero-order chi connectivity index (χ0) is 16.1. The van der Waals surface area contributed by atoms with E-state index in [9.17, 15) is 0 Å². The number of benzene rings is 1. The molecule has 3 rings (SSSR count). The van der Waals surface area contributed by atoms with Crippen molar-refractivity contribution in [2.24, 2.45) is 7.05 Å². The molecule has 2 aromatic rings. The summed E-state index contributed by atoms with van der Waals surface area (Å²) in [4.78, 5) is 2.43. The van der Waals surface area contributed by atoms with E-state index in [-0.39, 0.29) is 0 Å². The Balaban J connectivity index is 1.70. The average Bonchev–Trinajstić information content (AvgIpc) is 3.19. The predicted octanol–water partition coefficient (Wildman–Crippen LogP) is 2.61. The van der Waals surface area contributed by atoms with Crippen LogP contribution in [0.15, 0.2) is 36.7 Å². The zero-order valence-corrected chi connectivity index (χ0v) is 13.9. The third-order valence-corrected chi connectivity index (χ3v) is 4.19. The van der Waals surface area contributed by atoms with E-state index >= 15 is 0 Å². The van der Waals surface area contributed by atoms with E-state index < -0.39 is 0 Å². The van der Waals surface area contributed by atoms with E-state index in [1.807, 2.05) is 30.1 Å². The van der Waals surface area contributed by atoms with E-state index in [0.29, 0.717) is 6.10 Å². The lowest BCUT2D eigenvalue weighted by molar-refractivity contribution is 0.0679. The minimum Gasteiger partial charge on any atom is -0.497 e. The molecule has 2 heterocycles. The second-order valence-corrected chi connectivity index (χ2v) is 6.18. The van der Waals surface area contributed by atoms with Gasteiger partial charge in [0.1, 0.15) is 5.75 Å². The van der Waals surface area contributed by atoms with Crippen LogP contribution in [0.3, 0.4) is 0 Å². The van der Waals surface area contributed by atoms with Gasteiger partial charge in [-0.25, -0.2) is 0 Å². The molecule has 0 aliphatic carbocycles. The molecule has 1 aliphatic rings. The van der Waals surface area contributed by atoms with Gasteiger partial charge in [-0.3, -0.25) is 9.58 Å².